The smallest absolute Gasteiger partial charge is 0.265 e. The molecule has 1 aromatic heterocycles. The Morgan fingerprint density at radius 1 is 1.00 bits per heavy atom. The molecule has 2 saturated heterocycles. The molecule has 3 heterocycles. The van der Waals surface area contributed by atoms with Gasteiger partial charge in [0.05, 0.1) is 25.5 Å². The zero-order valence-electron chi connectivity index (χ0n) is 20.9. The second-order valence-electron chi connectivity index (χ2n) is 8.47. The molecule has 6 nitrogen and oxygen atoms in total. The number of amides is 1. The van der Waals surface area contributed by atoms with E-state index >= 15 is 0 Å². The van der Waals surface area contributed by atoms with Gasteiger partial charge in [0.2, 0.25) is 0 Å². The van der Waals surface area contributed by atoms with Gasteiger partial charge in [0.25, 0.3) is 5.91 Å². The number of likely N-dealkylation sites (tertiary alicyclic amines) is 2. The minimum absolute atomic E-state index is 0.109. The van der Waals surface area contributed by atoms with Gasteiger partial charge in [-0.3, -0.25) is 4.79 Å². The summed E-state index contributed by atoms with van der Waals surface area (Å²) in [5.41, 5.74) is 1.64. The molecular formula is C26H39N3O3S. The van der Waals surface area contributed by atoms with Crippen molar-refractivity contribution in [1.82, 2.24) is 14.8 Å². The van der Waals surface area contributed by atoms with Gasteiger partial charge in [0.1, 0.15) is 21.4 Å². The molecule has 2 aliphatic heterocycles. The van der Waals surface area contributed by atoms with Crippen LogP contribution in [-0.4, -0.2) is 67.1 Å². The van der Waals surface area contributed by atoms with Crippen molar-refractivity contribution in [3.63, 3.8) is 0 Å². The molecule has 2 aromatic rings. The summed E-state index contributed by atoms with van der Waals surface area (Å²) in [7, 11) is 3.29. The molecule has 0 atom stereocenters. The second-order valence-corrected chi connectivity index (χ2v) is 9.47. The lowest BCUT2D eigenvalue weighted by atomic mass is 10.0. The molecule has 0 N–H and O–H groups in total. The topological polar surface area (TPSA) is 54.9 Å². The lowest BCUT2D eigenvalue weighted by Gasteiger charge is -2.38. The number of aromatic nitrogens is 1. The van der Waals surface area contributed by atoms with Crippen LogP contribution in [0.15, 0.2) is 18.2 Å². The number of carbonyl (C=O) groups is 1. The highest BCUT2D eigenvalue weighted by atomic mass is 32.1. The van der Waals surface area contributed by atoms with Crippen LogP contribution in [0.25, 0.3) is 10.6 Å². The minimum Gasteiger partial charge on any atom is -0.497 e. The van der Waals surface area contributed by atoms with Crippen LogP contribution in [0.5, 0.6) is 11.5 Å². The van der Waals surface area contributed by atoms with E-state index in [1.165, 1.54) is 50.1 Å². The van der Waals surface area contributed by atoms with E-state index in [4.69, 9.17) is 14.5 Å². The van der Waals surface area contributed by atoms with Gasteiger partial charge < -0.3 is 19.3 Å². The zero-order valence-corrected chi connectivity index (χ0v) is 21.7. The van der Waals surface area contributed by atoms with Crippen molar-refractivity contribution in [3.05, 3.63) is 28.8 Å². The molecule has 1 aromatic carbocycles. The summed E-state index contributed by atoms with van der Waals surface area (Å²) in [6.45, 7) is 10.0. The van der Waals surface area contributed by atoms with Crippen molar-refractivity contribution >= 4 is 17.2 Å². The number of benzene rings is 1. The van der Waals surface area contributed by atoms with Crippen molar-refractivity contribution in [2.45, 2.75) is 65.3 Å². The number of rotatable bonds is 5. The predicted octanol–water partition coefficient (Wildman–Crippen LogP) is 5.64. The molecule has 0 bridgehead atoms. The maximum absolute atomic E-state index is 13.3. The van der Waals surface area contributed by atoms with Crippen LogP contribution in [0.3, 0.4) is 0 Å². The van der Waals surface area contributed by atoms with E-state index in [9.17, 15) is 4.79 Å². The van der Waals surface area contributed by atoms with Crippen LogP contribution in [0, 0.1) is 6.92 Å². The fraction of sp³-hybridized carbons (Fsp3) is 0.615. The van der Waals surface area contributed by atoms with Gasteiger partial charge in [0.15, 0.2) is 0 Å². The van der Waals surface area contributed by atoms with Crippen molar-refractivity contribution in [2.24, 2.45) is 0 Å². The third-order valence-electron chi connectivity index (χ3n) is 6.54. The molecule has 1 amide bonds. The first-order valence-electron chi connectivity index (χ1n) is 12.3. The van der Waals surface area contributed by atoms with Crippen molar-refractivity contribution < 1.29 is 14.3 Å². The van der Waals surface area contributed by atoms with Gasteiger partial charge in [0, 0.05) is 19.1 Å². The fourth-order valence-electron chi connectivity index (χ4n) is 4.73. The molecule has 33 heavy (non-hydrogen) atoms. The van der Waals surface area contributed by atoms with Crippen LogP contribution in [0.1, 0.15) is 67.7 Å². The van der Waals surface area contributed by atoms with E-state index in [-0.39, 0.29) is 5.91 Å². The van der Waals surface area contributed by atoms with E-state index in [0.717, 1.165) is 58.6 Å². The number of hydrogen-bond donors (Lipinski definition) is 0. The second kappa shape index (κ2) is 12.4. The first-order valence-corrected chi connectivity index (χ1v) is 13.2. The summed E-state index contributed by atoms with van der Waals surface area (Å²) in [4.78, 5) is 23.4. The van der Waals surface area contributed by atoms with E-state index in [1.54, 1.807) is 14.2 Å². The van der Waals surface area contributed by atoms with Gasteiger partial charge in [-0.05, 0) is 63.9 Å². The fourth-order valence-corrected chi connectivity index (χ4v) is 5.78. The summed E-state index contributed by atoms with van der Waals surface area (Å²) in [6.07, 6.45) is 7.49. The van der Waals surface area contributed by atoms with Gasteiger partial charge in [-0.25, -0.2) is 4.98 Å². The summed E-state index contributed by atoms with van der Waals surface area (Å²) >= 11 is 1.45. The highest BCUT2D eigenvalue weighted by Crippen LogP contribution is 2.37. The number of hydrogen-bond acceptors (Lipinski definition) is 6. The minimum atomic E-state index is 0.109. The average molecular weight is 474 g/mol. The zero-order chi connectivity index (χ0) is 23.8. The van der Waals surface area contributed by atoms with Crippen molar-refractivity contribution in [2.75, 3.05) is 40.4 Å². The molecule has 0 radical (unpaired) electrons. The Labute approximate surface area is 202 Å². The van der Waals surface area contributed by atoms with Gasteiger partial charge in [-0.2, -0.15) is 0 Å². The number of aryl methyl sites for hydroxylation is 1. The van der Waals surface area contributed by atoms with Gasteiger partial charge in [-0.15, -0.1) is 11.3 Å². The Morgan fingerprint density at radius 3 is 2.27 bits per heavy atom. The first-order chi connectivity index (χ1) is 16.1. The van der Waals surface area contributed by atoms with Crippen LogP contribution >= 0.6 is 11.3 Å². The van der Waals surface area contributed by atoms with Crippen LogP contribution in [0.2, 0.25) is 0 Å². The highest BCUT2D eigenvalue weighted by Gasteiger charge is 2.29. The lowest BCUT2D eigenvalue weighted by molar-refractivity contribution is 0.0626. The van der Waals surface area contributed by atoms with Crippen molar-refractivity contribution in [3.8, 4) is 22.1 Å². The van der Waals surface area contributed by atoms with Crippen LogP contribution < -0.4 is 9.47 Å². The monoisotopic (exact) mass is 473 g/mol. The maximum Gasteiger partial charge on any atom is 0.265 e. The Hall–Kier alpha value is -2.12. The molecule has 0 spiro atoms. The van der Waals surface area contributed by atoms with Gasteiger partial charge in [-0.1, -0.05) is 26.7 Å². The number of nitrogens with zero attached hydrogens (tertiary/aromatic N) is 3. The first kappa shape index (κ1) is 25.5. The third-order valence-corrected chi connectivity index (χ3v) is 7.72. The summed E-state index contributed by atoms with van der Waals surface area (Å²) < 4.78 is 10.9. The number of ether oxygens (including phenoxy) is 2. The molecule has 4 rings (SSSR count). The molecule has 0 aliphatic carbocycles. The molecule has 2 aliphatic rings. The largest absolute Gasteiger partial charge is 0.497 e. The van der Waals surface area contributed by atoms with E-state index in [0.29, 0.717) is 6.04 Å². The SMILES string of the molecule is CC.COc1ccc(OC)c(-c2nc(C)c(C(=O)N3CCC(N4CCCCCC4)CC3)s2)c1. The average Bonchev–Trinajstić information content (AvgIpc) is 3.07. The molecular weight excluding hydrogens is 434 g/mol. The molecule has 0 saturated carbocycles. The maximum atomic E-state index is 13.3. The van der Waals surface area contributed by atoms with E-state index in [1.807, 2.05) is 43.9 Å². The van der Waals surface area contributed by atoms with Crippen LogP contribution in [0.4, 0.5) is 0 Å². The number of piperidine rings is 1. The highest BCUT2D eigenvalue weighted by molar-refractivity contribution is 7.17. The van der Waals surface area contributed by atoms with Crippen molar-refractivity contribution in [1.29, 1.82) is 0 Å². The van der Waals surface area contributed by atoms with Crippen LogP contribution in [-0.2, 0) is 0 Å². The Morgan fingerprint density at radius 2 is 1.67 bits per heavy atom. The lowest BCUT2D eigenvalue weighted by Crippen LogP contribution is -2.47. The Bertz CT molecular complexity index is 898. The molecule has 0 unspecified atom stereocenters. The van der Waals surface area contributed by atoms with E-state index in [2.05, 4.69) is 4.90 Å². The Balaban J connectivity index is 0.00000149. The van der Waals surface area contributed by atoms with E-state index < -0.39 is 0 Å². The normalized spacial score (nSPS) is 17.7. The summed E-state index contributed by atoms with van der Waals surface area (Å²) in [6, 6.07) is 6.28. The molecule has 182 valence electrons. The number of thiazole rings is 1. The standard InChI is InChI=1S/C24H33N3O3S.C2H6/c1-17-22(31-23(25-17)20-16-19(29-2)8-9-21(20)30-3)24(28)27-14-10-18(11-15-27)26-12-6-4-5-7-13-26;1-2/h8-9,16,18H,4-7,10-15H2,1-3H3;1-2H3. The number of methoxy groups -OCH3 is 2. The molecule has 7 heteroatoms. The molecule has 2 fully saturated rings. The summed E-state index contributed by atoms with van der Waals surface area (Å²) in [5, 5.41) is 0.788. The summed E-state index contributed by atoms with van der Waals surface area (Å²) in [5.74, 6) is 1.58. The predicted molar refractivity (Wildman–Crippen MR) is 136 cm³/mol. The Kier molecular flexibility index (Phi) is 9.56. The van der Waals surface area contributed by atoms with Gasteiger partial charge >= 0.3 is 0 Å². The third kappa shape index (κ3) is 6.07. The number of carbonyl (C=O) groups excluding carboxylic acids is 1. The quantitative estimate of drug-likeness (QED) is 0.562.